The molecule has 3 heterocycles. The van der Waals surface area contributed by atoms with Crippen LogP contribution < -0.4 is 4.90 Å². The maximum absolute atomic E-state index is 12.5. The number of sulfone groups is 1. The highest BCUT2D eigenvalue weighted by molar-refractivity contribution is 7.92. The highest BCUT2D eigenvalue weighted by Crippen LogP contribution is 2.38. The Bertz CT molecular complexity index is 660. The van der Waals surface area contributed by atoms with E-state index in [0.29, 0.717) is 18.9 Å². The van der Waals surface area contributed by atoms with Gasteiger partial charge >= 0.3 is 6.18 Å². The molecule has 116 valence electrons. The van der Waals surface area contributed by atoms with Crippen molar-refractivity contribution in [2.45, 2.75) is 6.18 Å². The van der Waals surface area contributed by atoms with Crippen molar-refractivity contribution < 1.29 is 21.6 Å². The summed E-state index contributed by atoms with van der Waals surface area (Å²) in [6.45, 7) is 1.16. The van der Waals surface area contributed by atoms with Crippen LogP contribution in [0.1, 0.15) is 5.56 Å². The van der Waals surface area contributed by atoms with E-state index in [1.165, 1.54) is 0 Å². The average Bonchev–Trinajstić information content (AvgIpc) is 2.25. The molecule has 4 nitrogen and oxygen atoms in total. The third kappa shape index (κ3) is 2.83. The Labute approximate surface area is 124 Å². The number of hydrogen-bond donors (Lipinski definition) is 0. The van der Waals surface area contributed by atoms with Gasteiger partial charge in [0.25, 0.3) is 0 Å². The van der Waals surface area contributed by atoms with E-state index in [0.717, 1.165) is 12.3 Å². The van der Waals surface area contributed by atoms with Crippen LogP contribution in [0.3, 0.4) is 0 Å². The molecule has 0 bridgehead atoms. The lowest BCUT2D eigenvalue weighted by Gasteiger charge is -2.46. The molecule has 0 unspecified atom stereocenters. The summed E-state index contributed by atoms with van der Waals surface area (Å²) in [5.41, 5.74) is -0.876. The third-order valence-corrected chi connectivity index (χ3v) is 6.11. The number of pyridine rings is 1. The molecule has 2 fully saturated rings. The van der Waals surface area contributed by atoms with Gasteiger partial charge in [0.15, 0.2) is 9.84 Å². The van der Waals surface area contributed by atoms with Crippen LogP contribution in [0.2, 0.25) is 5.02 Å². The highest BCUT2D eigenvalue weighted by atomic mass is 35.5. The smallest absolute Gasteiger partial charge is 0.355 e. The zero-order valence-corrected chi connectivity index (χ0v) is 12.3. The van der Waals surface area contributed by atoms with E-state index in [9.17, 15) is 21.6 Å². The predicted octanol–water partition coefficient (Wildman–Crippen LogP) is 2.23. The molecular weight excluding hydrogens is 329 g/mol. The van der Waals surface area contributed by atoms with Gasteiger partial charge in [0.05, 0.1) is 22.1 Å². The van der Waals surface area contributed by atoms with Gasteiger partial charge in [0, 0.05) is 19.3 Å². The molecule has 0 spiro atoms. The maximum atomic E-state index is 12.5. The molecule has 0 aliphatic carbocycles. The van der Waals surface area contributed by atoms with Gasteiger partial charge in [-0.1, -0.05) is 11.6 Å². The number of hydrogen-bond acceptors (Lipinski definition) is 4. The Kier molecular flexibility index (Phi) is 3.36. The minimum atomic E-state index is -4.47. The summed E-state index contributed by atoms with van der Waals surface area (Å²) >= 11 is 5.86. The Hall–Kier alpha value is -1.02. The molecule has 0 aromatic carbocycles. The van der Waals surface area contributed by atoms with E-state index < -0.39 is 21.6 Å². The van der Waals surface area contributed by atoms with Gasteiger partial charge in [0.1, 0.15) is 5.82 Å². The molecule has 0 saturated carbocycles. The monoisotopic (exact) mass is 340 g/mol. The van der Waals surface area contributed by atoms with Crippen molar-refractivity contribution in [1.29, 1.82) is 0 Å². The maximum Gasteiger partial charge on any atom is 0.417 e. The lowest BCUT2D eigenvalue weighted by Crippen LogP contribution is -2.56. The minimum absolute atomic E-state index is 0.0375. The second-order valence-corrected chi connectivity index (χ2v) is 8.09. The number of nitrogens with zero attached hydrogens (tertiary/aromatic N) is 2. The van der Waals surface area contributed by atoms with Crippen molar-refractivity contribution in [2.75, 3.05) is 29.5 Å². The summed E-state index contributed by atoms with van der Waals surface area (Å²) in [5, 5.41) is -0.0375. The third-order valence-electron chi connectivity index (χ3n) is 3.96. The standard InChI is InChI=1S/C12H12ClF3N2O2S/c13-10-1-9(12(14,15)16)2-17-11(10)18-3-7(4-18)8-5-21(19,20)6-8/h1-2,7-8H,3-6H2. The fraction of sp³-hybridized carbons (Fsp3) is 0.583. The van der Waals surface area contributed by atoms with Crippen LogP contribution in [0.4, 0.5) is 19.0 Å². The molecule has 0 radical (unpaired) electrons. The van der Waals surface area contributed by atoms with Crippen LogP contribution in [0.15, 0.2) is 12.3 Å². The molecule has 1 aromatic heterocycles. The van der Waals surface area contributed by atoms with Crippen molar-refractivity contribution in [3.05, 3.63) is 22.8 Å². The molecule has 21 heavy (non-hydrogen) atoms. The number of rotatable bonds is 2. The van der Waals surface area contributed by atoms with E-state index in [1.54, 1.807) is 4.90 Å². The van der Waals surface area contributed by atoms with Crippen molar-refractivity contribution in [3.63, 3.8) is 0 Å². The Morgan fingerprint density at radius 2 is 1.86 bits per heavy atom. The van der Waals surface area contributed by atoms with Gasteiger partial charge < -0.3 is 4.90 Å². The lowest BCUT2D eigenvalue weighted by molar-refractivity contribution is -0.137. The summed E-state index contributed by atoms with van der Waals surface area (Å²) in [6.07, 6.45) is -3.70. The number of alkyl halides is 3. The first-order valence-electron chi connectivity index (χ1n) is 6.34. The molecule has 0 N–H and O–H groups in total. The quantitative estimate of drug-likeness (QED) is 0.828. The van der Waals surface area contributed by atoms with Crippen LogP contribution in [0, 0.1) is 11.8 Å². The van der Waals surface area contributed by atoms with Gasteiger partial charge in [-0.25, -0.2) is 13.4 Å². The summed E-state index contributed by atoms with van der Waals surface area (Å²) in [6, 6.07) is 0.866. The van der Waals surface area contributed by atoms with E-state index in [4.69, 9.17) is 11.6 Å². The van der Waals surface area contributed by atoms with Gasteiger partial charge in [-0.3, -0.25) is 0 Å². The van der Waals surface area contributed by atoms with Gasteiger partial charge in [-0.05, 0) is 17.9 Å². The molecule has 2 aliphatic rings. The minimum Gasteiger partial charge on any atom is -0.355 e. The van der Waals surface area contributed by atoms with Crippen molar-refractivity contribution >= 4 is 27.3 Å². The van der Waals surface area contributed by atoms with E-state index >= 15 is 0 Å². The van der Waals surface area contributed by atoms with Gasteiger partial charge in [0.2, 0.25) is 0 Å². The predicted molar refractivity (Wildman–Crippen MR) is 72.1 cm³/mol. The molecule has 2 aliphatic heterocycles. The first-order valence-corrected chi connectivity index (χ1v) is 8.54. The number of halogens is 4. The molecule has 9 heteroatoms. The highest BCUT2D eigenvalue weighted by Gasteiger charge is 2.44. The first-order chi connectivity index (χ1) is 9.66. The van der Waals surface area contributed by atoms with E-state index in [1.807, 2.05) is 0 Å². The molecule has 0 atom stereocenters. The Morgan fingerprint density at radius 3 is 2.33 bits per heavy atom. The molecular formula is C12H12ClF3N2O2S. The van der Waals surface area contributed by atoms with Crippen LogP contribution >= 0.6 is 11.6 Å². The zero-order chi connectivity index (χ0) is 15.4. The first kappa shape index (κ1) is 14.9. The van der Waals surface area contributed by atoms with Gasteiger partial charge in [-0.2, -0.15) is 13.2 Å². The molecule has 0 amide bonds. The fourth-order valence-corrected chi connectivity index (χ4v) is 4.72. The van der Waals surface area contributed by atoms with Crippen LogP contribution in [-0.4, -0.2) is 38.0 Å². The Morgan fingerprint density at radius 1 is 1.24 bits per heavy atom. The Balaban J connectivity index is 1.65. The largest absolute Gasteiger partial charge is 0.417 e. The summed E-state index contributed by atoms with van der Waals surface area (Å²) in [5.74, 6) is 1.13. The van der Waals surface area contributed by atoms with Crippen molar-refractivity contribution in [1.82, 2.24) is 4.98 Å². The summed E-state index contributed by atoms with van der Waals surface area (Å²) in [7, 11) is -2.85. The summed E-state index contributed by atoms with van der Waals surface area (Å²) in [4.78, 5) is 5.56. The second kappa shape index (κ2) is 4.74. The number of anilines is 1. The number of aromatic nitrogens is 1. The van der Waals surface area contributed by atoms with Crippen molar-refractivity contribution in [2.24, 2.45) is 11.8 Å². The van der Waals surface area contributed by atoms with Crippen LogP contribution in [0.5, 0.6) is 0 Å². The van der Waals surface area contributed by atoms with E-state index in [2.05, 4.69) is 4.98 Å². The topological polar surface area (TPSA) is 50.3 Å². The fourth-order valence-electron chi connectivity index (χ4n) is 2.68. The summed E-state index contributed by atoms with van der Waals surface area (Å²) < 4.78 is 59.8. The normalized spacial score (nSPS) is 22.8. The molecule has 3 rings (SSSR count). The van der Waals surface area contributed by atoms with E-state index in [-0.39, 0.29) is 28.4 Å². The van der Waals surface area contributed by atoms with Crippen LogP contribution in [0.25, 0.3) is 0 Å². The zero-order valence-electron chi connectivity index (χ0n) is 10.8. The van der Waals surface area contributed by atoms with Crippen LogP contribution in [-0.2, 0) is 16.0 Å². The molecule has 1 aromatic rings. The average molecular weight is 341 g/mol. The van der Waals surface area contributed by atoms with Gasteiger partial charge in [-0.15, -0.1) is 0 Å². The molecule has 2 saturated heterocycles. The van der Waals surface area contributed by atoms with Crippen molar-refractivity contribution in [3.8, 4) is 0 Å². The second-order valence-electron chi connectivity index (χ2n) is 5.53. The SMILES string of the molecule is O=S1(=O)CC(C2CN(c3ncc(C(F)(F)F)cc3Cl)C2)C1. The lowest BCUT2D eigenvalue weighted by atomic mass is 9.87.